The number of benzene rings is 2. The van der Waals surface area contributed by atoms with Gasteiger partial charge in [-0.15, -0.1) is 0 Å². The monoisotopic (exact) mass is 388 g/mol. The molecule has 0 spiro atoms. The Morgan fingerprint density at radius 1 is 1.16 bits per heavy atom. The van der Waals surface area contributed by atoms with Crippen molar-refractivity contribution in [2.45, 2.75) is 11.8 Å². The Kier molecular flexibility index (Phi) is 6.10. The summed E-state index contributed by atoms with van der Waals surface area (Å²) in [5.41, 5.74) is -0.357. The molecule has 0 aliphatic carbocycles. The number of anilines is 1. The third kappa shape index (κ3) is 4.75. The van der Waals surface area contributed by atoms with Crippen LogP contribution < -0.4 is 5.32 Å². The minimum Gasteiger partial charge on any atom is -0.322 e. The maximum atomic E-state index is 13.6. The van der Waals surface area contributed by atoms with E-state index in [0.29, 0.717) is 5.02 Å². The topological polar surface area (TPSA) is 66.5 Å². The van der Waals surface area contributed by atoms with Crippen LogP contribution in [0.25, 0.3) is 0 Å². The molecule has 1 amide bonds. The molecule has 25 heavy (non-hydrogen) atoms. The third-order valence-corrected chi connectivity index (χ3v) is 5.51. The number of likely N-dealkylation sites (N-methyl/N-ethyl adjacent to an activating group) is 1. The summed E-state index contributed by atoms with van der Waals surface area (Å²) < 4.78 is 52.7. The first-order valence-corrected chi connectivity index (χ1v) is 9.06. The number of amides is 1. The lowest BCUT2D eigenvalue weighted by atomic mass is 10.3. The molecule has 2 rings (SSSR count). The number of rotatable bonds is 6. The van der Waals surface area contributed by atoms with Crippen molar-refractivity contribution in [3.63, 3.8) is 0 Å². The lowest BCUT2D eigenvalue weighted by Crippen LogP contribution is -2.38. The molecule has 0 aliphatic rings. The highest BCUT2D eigenvalue weighted by Gasteiger charge is 2.25. The van der Waals surface area contributed by atoms with Crippen molar-refractivity contribution < 1.29 is 22.0 Å². The zero-order valence-electron chi connectivity index (χ0n) is 13.2. The fourth-order valence-corrected chi connectivity index (χ4v) is 3.60. The van der Waals surface area contributed by atoms with Crippen LogP contribution in [-0.4, -0.2) is 31.7 Å². The SMILES string of the molecule is CCN(CC(=O)Nc1cc(F)ccc1F)S(=O)(=O)c1ccc(Cl)cc1. The predicted molar refractivity (Wildman–Crippen MR) is 90.9 cm³/mol. The number of hydrogen-bond donors (Lipinski definition) is 1. The molecule has 0 fully saturated rings. The van der Waals surface area contributed by atoms with Crippen molar-refractivity contribution in [3.8, 4) is 0 Å². The van der Waals surface area contributed by atoms with E-state index in [9.17, 15) is 22.0 Å². The summed E-state index contributed by atoms with van der Waals surface area (Å²) in [5, 5.41) is 2.54. The van der Waals surface area contributed by atoms with E-state index in [1.54, 1.807) is 6.92 Å². The number of nitrogens with one attached hydrogen (secondary N) is 1. The quantitative estimate of drug-likeness (QED) is 0.825. The van der Waals surface area contributed by atoms with Crippen LogP contribution in [0.3, 0.4) is 0 Å². The summed E-state index contributed by atoms with van der Waals surface area (Å²) >= 11 is 5.74. The molecule has 0 aromatic heterocycles. The largest absolute Gasteiger partial charge is 0.322 e. The van der Waals surface area contributed by atoms with Crippen molar-refractivity contribution in [2.24, 2.45) is 0 Å². The average molecular weight is 389 g/mol. The molecule has 1 N–H and O–H groups in total. The Balaban J connectivity index is 2.16. The molecule has 0 saturated heterocycles. The summed E-state index contributed by atoms with van der Waals surface area (Å²) in [5.74, 6) is -2.33. The molecule has 2 aromatic carbocycles. The third-order valence-electron chi connectivity index (χ3n) is 3.33. The second-order valence-corrected chi connectivity index (χ2v) is 7.43. The van der Waals surface area contributed by atoms with E-state index >= 15 is 0 Å². The van der Waals surface area contributed by atoms with E-state index in [1.165, 1.54) is 24.3 Å². The first-order valence-electron chi connectivity index (χ1n) is 7.24. The molecule has 0 atom stereocenters. The van der Waals surface area contributed by atoms with Crippen LogP contribution in [0.4, 0.5) is 14.5 Å². The summed E-state index contributed by atoms with van der Waals surface area (Å²) in [4.78, 5) is 12.0. The highest BCUT2D eigenvalue weighted by Crippen LogP contribution is 2.19. The van der Waals surface area contributed by atoms with E-state index in [1.807, 2.05) is 0 Å². The second-order valence-electron chi connectivity index (χ2n) is 5.06. The number of carbonyl (C=O) groups excluding carboxylic acids is 1. The van der Waals surface area contributed by atoms with Gasteiger partial charge in [0.2, 0.25) is 15.9 Å². The average Bonchev–Trinajstić information content (AvgIpc) is 2.56. The Morgan fingerprint density at radius 3 is 2.40 bits per heavy atom. The molecule has 0 radical (unpaired) electrons. The van der Waals surface area contributed by atoms with Gasteiger partial charge in [-0.05, 0) is 36.4 Å². The Morgan fingerprint density at radius 2 is 1.80 bits per heavy atom. The van der Waals surface area contributed by atoms with Crippen molar-refractivity contribution in [1.29, 1.82) is 0 Å². The highest BCUT2D eigenvalue weighted by atomic mass is 35.5. The molecular weight excluding hydrogens is 374 g/mol. The Labute approximate surface area is 149 Å². The molecule has 0 bridgehead atoms. The first-order chi connectivity index (χ1) is 11.7. The molecule has 5 nitrogen and oxygen atoms in total. The molecular formula is C16H15ClF2N2O3S. The van der Waals surface area contributed by atoms with E-state index in [4.69, 9.17) is 11.6 Å². The zero-order chi connectivity index (χ0) is 18.6. The predicted octanol–water partition coefficient (Wildman–Crippen LogP) is 3.27. The van der Waals surface area contributed by atoms with Gasteiger partial charge in [0.25, 0.3) is 0 Å². The molecule has 0 heterocycles. The fraction of sp³-hybridized carbons (Fsp3) is 0.188. The van der Waals surface area contributed by atoms with Gasteiger partial charge in [0.1, 0.15) is 11.6 Å². The van der Waals surface area contributed by atoms with Gasteiger partial charge in [-0.2, -0.15) is 4.31 Å². The van der Waals surface area contributed by atoms with Crippen LogP contribution in [0.15, 0.2) is 47.4 Å². The number of nitrogens with zero attached hydrogens (tertiary/aromatic N) is 1. The van der Waals surface area contributed by atoms with Crippen molar-refractivity contribution in [2.75, 3.05) is 18.4 Å². The van der Waals surface area contributed by atoms with Crippen LogP contribution in [0.2, 0.25) is 5.02 Å². The summed E-state index contributed by atoms with van der Waals surface area (Å²) in [6.07, 6.45) is 0. The molecule has 9 heteroatoms. The maximum absolute atomic E-state index is 13.6. The standard InChI is InChI=1S/C16H15ClF2N2O3S/c1-2-21(25(23,24)13-6-3-11(17)4-7-13)10-16(22)20-15-9-12(18)5-8-14(15)19/h3-9H,2,10H2,1H3,(H,20,22). The van der Waals surface area contributed by atoms with Crippen LogP contribution in [0.1, 0.15) is 6.92 Å². The second kappa shape index (κ2) is 7.90. The van der Waals surface area contributed by atoms with Crippen molar-refractivity contribution >= 4 is 33.2 Å². The van der Waals surface area contributed by atoms with Crippen LogP contribution in [0.5, 0.6) is 0 Å². The minimum absolute atomic E-state index is 0.0179. The van der Waals surface area contributed by atoms with Gasteiger partial charge in [-0.1, -0.05) is 18.5 Å². The number of sulfonamides is 1. The van der Waals surface area contributed by atoms with Gasteiger partial charge < -0.3 is 5.32 Å². The van der Waals surface area contributed by atoms with Gasteiger partial charge in [0.05, 0.1) is 17.1 Å². The highest BCUT2D eigenvalue weighted by molar-refractivity contribution is 7.89. The lowest BCUT2D eigenvalue weighted by Gasteiger charge is -2.20. The van der Waals surface area contributed by atoms with Gasteiger partial charge in [0.15, 0.2) is 0 Å². The molecule has 2 aromatic rings. The maximum Gasteiger partial charge on any atom is 0.243 e. The van der Waals surface area contributed by atoms with Gasteiger partial charge in [-0.25, -0.2) is 17.2 Å². The summed E-state index contributed by atoms with van der Waals surface area (Å²) in [7, 11) is -3.93. The van der Waals surface area contributed by atoms with E-state index < -0.39 is 34.1 Å². The van der Waals surface area contributed by atoms with Gasteiger partial charge in [-0.3, -0.25) is 4.79 Å². The number of carbonyl (C=O) groups is 1. The normalized spacial score (nSPS) is 11.6. The number of hydrogen-bond acceptors (Lipinski definition) is 3. The van der Waals surface area contributed by atoms with Gasteiger partial charge >= 0.3 is 0 Å². The number of halogens is 3. The Bertz CT molecular complexity index is 873. The first kappa shape index (κ1) is 19.3. The molecule has 0 unspecified atom stereocenters. The fourth-order valence-electron chi connectivity index (χ4n) is 2.07. The van der Waals surface area contributed by atoms with Crippen molar-refractivity contribution in [1.82, 2.24) is 4.31 Å². The van der Waals surface area contributed by atoms with E-state index in [-0.39, 0.29) is 17.1 Å². The summed E-state index contributed by atoms with van der Waals surface area (Å²) in [6.45, 7) is 1.03. The van der Waals surface area contributed by atoms with Crippen LogP contribution >= 0.6 is 11.6 Å². The van der Waals surface area contributed by atoms with E-state index in [0.717, 1.165) is 22.5 Å². The molecule has 134 valence electrons. The van der Waals surface area contributed by atoms with Crippen LogP contribution in [0, 0.1) is 11.6 Å². The Hall–Kier alpha value is -2.03. The van der Waals surface area contributed by atoms with E-state index in [2.05, 4.69) is 5.32 Å². The minimum atomic E-state index is -3.93. The van der Waals surface area contributed by atoms with Gasteiger partial charge in [0, 0.05) is 17.6 Å². The summed E-state index contributed by atoms with van der Waals surface area (Å²) in [6, 6.07) is 8.09. The molecule has 0 saturated carbocycles. The van der Waals surface area contributed by atoms with Crippen molar-refractivity contribution in [3.05, 3.63) is 59.1 Å². The lowest BCUT2D eigenvalue weighted by molar-refractivity contribution is -0.116. The van der Waals surface area contributed by atoms with Crippen LogP contribution in [-0.2, 0) is 14.8 Å². The zero-order valence-corrected chi connectivity index (χ0v) is 14.7. The smallest absolute Gasteiger partial charge is 0.243 e. The molecule has 0 aliphatic heterocycles.